The van der Waals surface area contributed by atoms with Crippen LogP contribution >= 0.6 is 0 Å². The molecule has 0 aliphatic carbocycles. The van der Waals surface area contributed by atoms with Crippen LogP contribution in [-0.4, -0.2) is 6.04 Å². The van der Waals surface area contributed by atoms with Gasteiger partial charge in [0.25, 0.3) is 0 Å². The largest absolute Gasteiger partial charge is 0.310 e. The van der Waals surface area contributed by atoms with Crippen LogP contribution in [0.4, 0.5) is 8.78 Å². The van der Waals surface area contributed by atoms with Crippen LogP contribution in [0.3, 0.4) is 0 Å². The van der Waals surface area contributed by atoms with E-state index in [1.54, 1.807) is 19.1 Å². The minimum atomic E-state index is -0.780. The van der Waals surface area contributed by atoms with Crippen molar-refractivity contribution in [3.05, 3.63) is 59.2 Å². The van der Waals surface area contributed by atoms with E-state index in [2.05, 4.69) is 19.2 Å². The first-order valence-electron chi connectivity index (χ1n) is 6.76. The summed E-state index contributed by atoms with van der Waals surface area (Å²) in [7, 11) is 0. The van der Waals surface area contributed by atoms with Crippen molar-refractivity contribution in [1.29, 1.82) is 0 Å². The fourth-order valence-electron chi connectivity index (χ4n) is 1.99. The van der Waals surface area contributed by atoms with Crippen molar-refractivity contribution in [3.63, 3.8) is 0 Å². The molecule has 2 rings (SSSR count). The molecule has 0 heterocycles. The average molecular weight is 275 g/mol. The summed E-state index contributed by atoms with van der Waals surface area (Å²) in [6.07, 6.45) is 0. The maximum atomic E-state index is 13.9. The molecule has 0 atom stereocenters. The van der Waals surface area contributed by atoms with E-state index < -0.39 is 11.6 Å². The first kappa shape index (κ1) is 14.7. The predicted molar refractivity (Wildman–Crippen MR) is 78.5 cm³/mol. The van der Waals surface area contributed by atoms with Gasteiger partial charge in [-0.2, -0.15) is 0 Å². The third-order valence-electron chi connectivity index (χ3n) is 3.25. The van der Waals surface area contributed by atoms with E-state index in [4.69, 9.17) is 0 Å². The van der Waals surface area contributed by atoms with Gasteiger partial charge in [0.2, 0.25) is 0 Å². The van der Waals surface area contributed by atoms with Crippen LogP contribution in [0, 0.1) is 18.6 Å². The summed E-state index contributed by atoms with van der Waals surface area (Å²) >= 11 is 0. The molecule has 0 saturated heterocycles. The molecule has 1 N–H and O–H groups in total. The second kappa shape index (κ2) is 6.14. The van der Waals surface area contributed by atoms with Crippen LogP contribution in [0.25, 0.3) is 11.1 Å². The Kier molecular flexibility index (Phi) is 4.50. The van der Waals surface area contributed by atoms with Gasteiger partial charge in [0.05, 0.1) is 0 Å². The van der Waals surface area contributed by atoms with Gasteiger partial charge in [-0.1, -0.05) is 50.2 Å². The maximum Gasteiger partial charge on any atom is 0.166 e. The van der Waals surface area contributed by atoms with Crippen molar-refractivity contribution in [2.45, 2.75) is 33.4 Å². The molecule has 106 valence electrons. The molecule has 3 heteroatoms. The van der Waals surface area contributed by atoms with Crippen LogP contribution < -0.4 is 5.32 Å². The van der Waals surface area contributed by atoms with Gasteiger partial charge < -0.3 is 5.32 Å². The normalized spacial score (nSPS) is 11.1. The summed E-state index contributed by atoms with van der Waals surface area (Å²) in [5.74, 6) is -1.55. The molecule has 0 amide bonds. The molecule has 0 aromatic heterocycles. The second-order valence-electron chi connectivity index (χ2n) is 5.29. The Hall–Kier alpha value is -1.74. The SMILES string of the molecule is Cc1ccc(-c2ccc(CNC(C)C)cc2)c(F)c1F. The molecule has 0 radical (unpaired) electrons. The van der Waals surface area contributed by atoms with E-state index in [0.717, 1.165) is 12.1 Å². The lowest BCUT2D eigenvalue weighted by atomic mass is 10.0. The van der Waals surface area contributed by atoms with E-state index in [1.807, 2.05) is 24.3 Å². The van der Waals surface area contributed by atoms with E-state index in [0.29, 0.717) is 22.7 Å². The Morgan fingerprint density at radius 3 is 2.20 bits per heavy atom. The van der Waals surface area contributed by atoms with Crippen LogP contribution in [0.2, 0.25) is 0 Å². The lowest BCUT2D eigenvalue weighted by Gasteiger charge is -2.10. The van der Waals surface area contributed by atoms with Gasteiger partial charge in [-0.25, -0.2) is 8.78 Å². The average Bonchev–Trinajstić information content (AvgIpc) is 2.43. The molecule has 0 bridgehead atoms. The summed E-state index contributed by atoms with van der Waals surface area (Å²) in [5, 5.41) is 3.31. The van der Waals surface area contributed by atoms with E-state index in [1.165, 1.54) is 0 Å². The van der Waals surface area contributed by atoms with Gasteiger partial charge in [0.1, 0.15) is 0 Å². The Balaban J connectivity index is 2.24. The van der Waals surface area contributed by atoms with Crippen molar-refractivity contribution in [2.75, 3.05) is 0 Å². The maximum absolute atomic E-state index is 13.9. The smallest absolute Gasteiger partial charge is 0.166 e. The molecule has 20 heavy (non-hydrogen) atoms. The third-order valence-corrected chi connectivity index (χ3v) is 3.25. The highest BCUT2D eigenvalue weighted by Crippen LogP contribution is 2.26. The van der Waals surface area contributed by atoms with Crippen molar-refractivity contribution in [1.82, 2.24) is 5.32 Å². The molecular weight excluding hydrogens is 256 g/mol. The summed E-state index contributed by atoms with van der Waals surface area (Å²) < 4.78 is 27.5. The number of rotatable bonds is 4. The molecule has 0 unspecified atom stereocenters. The Bertz CT molecular complexity index is 589. The van der Waals surface area contributed by atoms with Gasteiger partial charge in [0.15, 0.2) is 11.6 Å². The quantitative estimate of drug-likeness (QED) is 0.870. The standard InChI is InChI=1S/C17H19F2N/c1-11(2)20-10-13-5-7-14(8-6-13)15-9-4-12(3)16(18)17(15)19/h4-9,11,20H,10H2,1-3H3. The number of benzene rings is 2. The molecule has 2 aromatic carbocycles. The van der Waals surface area contributed by atoms with Crippen molar-refractivity contribution in [3.8, 4) is 11.1 Å². The molecule has 0 spiro atoms. The fourth-order valence-corrected chi connectivity index (χ4v) is 1.99. The lowest BCUT2D eigenvalue weighted by molar-refractivity contribution is 0.505. The van der Waals surface area contributed by atoms with Crippen molar-refractivity contribution < 1.29 is 8.78 Å². The molecule has 0 fully saturated rings. The van der Waals surface area contributed by atoms with Crippen LogP contribution in [0.15, 0.2) is 36.4 Å². The summed E-state index contributed by atoms with van der Waals surface area (Å²) in [4.78, 5) is 0. The van der Waals surface area contributed by atoms with E-state index in [-0.39, 0.29) is 0 Å². The zero-order valence-corrected chi connectivity index (χ0v) is 12.0. The van der Waals surface area contributed by atoms with E-state index >= 15 is 0 Å². The van der Waals surface area contributed by atoms with Crippen LogP contribution in [0.5, 0.6) is 0 Å². The number of hydrogen-bond donors (Lipinski definition) is 1. The zero-order chi connectivity index (χ0) is 14.7. The van der Waals surface area contributed by atoms with Gasteiger partial charge in [-0.3, -0.25) is 0 Å². The number of hydrogen-bond acceptors (Lipinski definition) is 1. The molecule has 0 aliphatic heterocycles. The molecule has 2 aromatic rings. The number of aryl methyl sites for hydroxylation is 1. The summed E-state index contributed by atoms with van der Waals surface area (Å²) in [6, 6.07) is 11.1. The molecule has 1 nitrogen and oxygen atoms in total. The van der Waals surface area contributed by atoms with Crippen LogP contribution in [-0.2, 0) is 6.54 Å². The Morgan fingerprint density at radius 1 is 0.950 bits per heavy atom. The van der Waals surface area contributed by atoms with Gasteiger partial charge in [-0.15, -0.1) is 0 Å². The zero-order valence-electron chi connectivity index (χ0n) is 12.0. The van der Waals surface area contributed by atoms with Gasteiger partial charge in [0, 0.05) is 18.2 Å². The first-order valence-corrected chi connectivity index (χ1v) is 6.76. The summed E-state index contributed by atoms with van der Waals surface area (Å²) in [5.41, 5.74) is 2.44. The topological polar surface area (TPSA) is 12.0 Å². The monoisotopic (exact) mass is 275 g/mol. The second-order valence-corrected chi connectivity index (χ2v) is 5.29. The Labute approximate surface area is 118 Å². The third kappa shape index (κ3) is 3.23. The van der Waals surface area contributed by atoms with Gasteiger partial charge in [-0.05, 0) is 23.6 Å². The highest BCUT2D eigenvalue weighted by atomic mass is 19.2. The van der Waals surface area contributed by atoms with Crippen molar-refractivity contribution in [2.24, 2.45) is 0 Å². The Morgan fingerprint density at radius 2 is 1.60 bits per heavy atom. The summed E-state index contributed by atoms with van der Waals surface area (Å²) in [6.45, 7) is 6.49. The lowest BCUT2D eigenvalue weighted by Crippen LogP contribution is -2.21. The number of halogens is 2. The fraction of sp³-hybridized carbons (Fsp3) is 0.294. The molecule has 0 aliphatic rings. The molecular formula is C17H19F2N. The van der Waals surface area contributed by atoms with E-state index in [9.17, 15) is 8.78 Å². The highest BCUT2D eigenvalue weighted by molar-refractivity contribution is 5.65. The minimum Gasteiger partial charge on any atom is -0.310 e. The highest BCUT2D eigenvalue weighted by Gasteiger charge is 2.12. The number of nitrogens with one attached hydrogen (secondary N) is 1. The molecule has 0 saturated carbocycles. The van der Waals surface area contributed by atoms with Crippen LogP contribution in [0.1, 0.15) is 25.0 Å². The van der Waals surface area contributed by atoms with Crippen molar-refractivity contribution >= 4 is 0 Å². The first-order chi connectivity index (χ1) is 9.49. The van der Waals surface area contributed by atoms with Gasteiger partial charge >= 0.3 is 0 Å². The minimum absolute atomic E-state index is 0.302. The predicted octanol–water partition coefficient (Wildman–Crippen LogP) is 4.44.